The Kier molecular flexibility index (Phi) is 16.4. The van der Waals surface area contributed by atoms with Crippen molar-refractivity contribution in [3.05, 3.63) is 102 Å². The van der Waals surface area contributed by atoms with Gasteiger partial charge in [-0.15, -0.1) is 0 Å². The molecule has 1 saturated carbocycles. The van der Waals surface area contributed by atoms with Crippen molar-refractivity contribution >= 4 is 47.0 Å². The Morgan fingerprint density at radius 3 is 2.66 bits per heavy atom. The molecule has 4 aromatic rings. The minimum Gasteiger partial charge on any atom is -0.441 e. The molecule has 5 N–H and O–H groups in total. The Labute approximate surface area is 351 Å². The second kappa shape index (κ2) is 21.6. The fourth-order valence-electron chi connectivity index (χ4n) is 8.69. The molecule has 14 heteroatoms. The van der Waals surface area contributed by atoms with E-state index in [9.17, 15) is 28.5 Å². The van der Waals surface area contributed by atoms with Gasteiger partial charge < -0.3 is 25.1 Å². The monoisotopic (exact) mass is 847 g/mol. The number of H-pyrrole nitrogens is 1. The number of aliphatic hydroxyl groups excluding tert-OH is 3. The van der Waals surface area contributed by atoms with Crippen LogP contribution >= 0.6 is 8.73 Å². The lowest BCUT2D eigenvalue weighted by Gasteiger charge is -2.33. The highest BCUT2D eigenvalue weighted by molar-refractivity contribution is 7.92. The first-order chi connectivity index (χ1) is 28.4. The van der Waals surface area contributed by atoms with Gasteiger partial charge in [0, 0.05) is 36.2 Å². The smallest absolute Gasteiger partial charge is 0.307 e. The van der Waals surface area contributed by atoms with Crippen molar-refractivity contribution in [2.75, 3.05) is 28.7 Å². The van der Waals surface area contributed by atoms with Crippen LogP contribution in [-0.4, -0.2) is 94.3 Å². The first kappa shape index (κ1) is 44.7. The van der Waals surface area contributed by atoms with E-state index in [2.05, 4.69) is 44.5 Å². The summed E-state index contributed by atoms with van der Waals surface area (Å²) >= 11 is 0. The third-order valence-corrected chi connectivity index (χ3v) is 14.3. The van der Waals surface area contributed by atoms with Crippen LogP contribution in [-0.2, 0) is 32.5 Å². The number of fused-ring (bicyclic) bond motifs is 1. The number of aromatic amines is 1. The van der Waals surface area contributed by atoms with Crippen molar-refractivity contribution < 1.29 is 33.3 Å². The number of piperidine rings is 1. The van der Waals surface area contributed by atoms with E-state index >= 15 is 0 Å². The van der Waals surface area contributed by atoms with Crippen LogP contribution in [0.2, 0.25) is 0 Å². The predicted octanol–water partition coefficient (Wildman–Crippen LogP) is 7.14. The number of hydrogen-bond donors (Lipinski definition) is 5. The van der Waals surface area contributed by atoms with E-state index in [1.807, 2.05) is 60.8 Å². The molecule has 8 atom stereocenters. The molecule has 2 fully saturated rings. The van der Waals surface area contributed by atoms with Crippen LogP contribution < -0.4 is 9.39 Å². The molecule has 59 heavy (non-hydrogen) atoms. The Morgan fingerprint density at radius 2 is 1.85 bits per heavy atom. The summed E-state index contributed by atoms with van der Waals surface area (Å²) in [6.07, 6.45) is 11.4. The third-order valence-electron chi connectivity index (χ3n) is 11.7. The normalized spacial score (nSPS) is 22.6. The number of aliphatic hydroxyl groups is 3. The van der Waals surface area contributed by atoms with Crippen LogP contribution in [0, 0.1) is 11.8 Å². The van der Waals surface area contributed by atoms with Crippen molar-refractivity contribution in [2.24, 2.45) is 11.8 Å². The number of rotatable bonds is 21. The number of carbonyl (C=O) groups excluding carboxylic acids is 1. The zero-order chi connectivity index (χ0) is 41.8. The van der Waals surface area contributed by atoms with Crippen molar-refractivity contribution in [1.29, 1.82) is 0 Å². The lowest BCUT2D eigenvalue weighted by Crippen LogP contribution is -2.41. The maximum absolute atomic E-state index is 13.1. The Balaban J connectivity index is 0.926. The highest BCUT2D eigenvalue weighted by Crippen LogP contribution is 2.39. The van der Waals surface area contributed by atoms with E-state index in [-0.39, 0.29) is 18.3 Å². The van der Waals surface area contributed by atoms with Gasteiger partial charge in [-0.25, -0.2) is 12.7 Å². The van der Waals surface area contributed by atoms with Crippen LogP contribution in [0.4, 0.5) is 11.4 Å². The number of unbranched alkanes of at least 4 members (excludes halogenated alkanes) is 1. The first-order valence-corrected chi connectivity index (χ1v) is 24.0. The van der Waals surface area contributed by atoms with Gasteiger partial charge in [0.15, 0.2) is 6.23 Å². The number of aryl methyl sites for hydroxylation is 1. The topological polar surface area (TPSA) is 168 Å². The molecule has 0 amide bonds. The second-order valence-electron chi connectivity index (χ2n) is 16.4. The number of benzene rings is 3. The third kappa shape index (κ3) is 13.3. The lowest BCUT2D eigenvalue weighted by atomic mass is 9.85. The summed E-state index contributed by atoms with van der Waals surface area (Å²) in [5.41, 5.74) is 5.24. The summed E-state index contributed by atoms with van der Waals surface area (Å²) in [5, 5.41) is 43.8. The van der Waals surface area contributed by atoms with Gasteiger partial charge in [-0.1, -0.05) is 54.6 Å². The quantitative estimate of drug-likeness (QED) is 0.0191. The average Bonchev–Trinajstić information content (AvgIpc) is 3.78. The van der Waals surface area contributed by atoms with E-state index in [0.29, 0.717) is 71.6 Å². The van der Waals surface area contributed by atoms with Crippen LogP contribution in [0.15, 0.2) is 91.1 Å². The van der Waals surface area contributed by atoms with Crippen molar-refractivity contribution in [3.63, 3.8) is 0 Å². The summed E-state index contributed by atoms with van der Waals surface area (Å²) in [6, 6.07) is 23.8. The molecule has 6 rings (SSSR count). The molecule has 2 unspecified atom stereocenters. The zero-order valence-electron chi connectivity index (χ0n) is 34.3. The molecule has 1 saturated heterocycles. The number of likely N-dealkylation sites (tertiary alicyclic amines) is 1. The molecule has 2 aliphatic rings. The molecule has 320 valence electrons. The molecule has 1 aliphatic carbocycles. The molecule has 12 nitrogen and oxygen atoms in total. The summed E-state index contributed by atoms with van der Waals surface area (Å²) < 4.78 is 33.0. The highest BCUT2D eigenvalue weighted by atomic mass is 32.2. The van der Waals surface area contributed by atoms with E-state index in [1.165, 1.54) is 9.87 Å². The minimum atomic E-state index is -3.78. The number of nitrogens with one attached hydrogen (secondary N) is 2. The van der Waals surface area contributed by atoms with Crippen molar-refractivity contribution in [2.45, 2.75) is 114 Å². The summed E-state index contributed by atoms with van der Waals surface area (Å²) in [7, 11) is -3.20. The van der Waals surface area contributed by atoms with Gasteiger partial charge in [0.05, 0.1) is 42.0 Å². The van der Waals surface area contributed by atoms with E-state index in [0.717, 1.165) is 60.8 Å². The van der Waals surface area contributed by atoms with Crippen LogP contribution in [0.5, 0.6) is 0 Å². The fraction of sp³-hybridized carbons (Fsp3) is 0.511. The SMILES string of the molecule is CC(OC(=O)CCC/C=C\C[C@@H]1[C@@H](CC[C@@H](O)CCc2ccccc2)[C@H](O)C[C@@H]1O)N(c1cccc(CN2CCC[C@H](PNc3ccc4[nH]ncc4c3)C2)c1)S(C)(=O)=O. The minimum absolute atomic E-state index is 0.0864. The number of hydrogen-bond acceptors (Lipinski definition) is 10. The molecule has 1 aromatic heterocycles. The Bertz CT molecular complexity index is 2070. The Hall–Kier alpha value is -3.84. The van der Waals surface area contributed by atoms with E-state index < -0.39 is 40.5 Å². The number of ether oxygens (including phenoxy) is 1. The molecule has 0 spiro atoms. The number of aromatic nitrogens is 2. The summed E-state index contributed by atoms with van der Waals surface area (Å²) in [6.45, 7) is 4.18. The second-order valence-corrected chi connectivity index (χ2v) is 19.6. The molecular weight excluding hydrogens is 786 g/mol. The van der Waals surface area contributed by atoms with Gasteiger partial charge in [0.1, 0.15) is 0 Å². The van der Waals surface area contributed by atoms with E-state index in [1.54, 1.807) is 13.0 Å². The first-order valence-electron chi connectivity index (χ1n) is 21.1. The van der Waals surface area contributed by atoms with Gasteiger partial charge in [0.2, 0.25) is 10.0 Å². The van der Waals surface area contributed by atoms with Gasteiger partial charge in [0.25, 0.3) is 0 Å². The summed E-state index contributed by atoms with van der Waals surface area (Å²) in [4.78, 5) is 15.3. The van der Waals surface area contributed by atoms with Gasteiger partial charge in [-0.05, 0) is 140 Å². The number of sulfonamides is 1. The number of allylic oxidation sites excluding steroid dienone is 2. The molecule has 0 bridgehead atoms. The maximum Gasteiger partial charge on any atom is 0.307 e. The fourth-order valence-corrected chi connectivity index (χ4v) is 11.0. The van der Waals surface area contributed by atoms with Gasteiger partial charge >= 0.3 is 5.97 Å². The Morgan fingerprint density at radius 1 is 1.05 bits per heavy atom. The summed E-state index contributed by atoms with van der Waals surface area (Å²) in [5.74, 6) is -0.658. The molecular formula is C45H62N5O7PS. The van der Waals surface area contributed by atoms with Crippen molar-refractivity contribution in [1.82, 2.24) is 15.1 Å². The van der Waals surface area contributed by atoms with E-state index in [4.69, 9.17) is 4.74 Å². The highest BCUT2D eigenvalue weighted by Gasteiger charge is 2.40. The molecule has 2 heterocycles. The zero-order valence-corrected chi connectivity index (χ0v) is 36.1. The lowest BCUT2D eigenvalue weighted by molar-refractivity contribution is -0.147. The maximum atomic E-state index is 13.1. The van der Waals surface area contributed by atoms with Crippen LogP contribution in [0.25, 0.3) is 10.9 Å². The molecule has 0 radical (unpaired) electrons. The van der Waals surface area contributed by atoms with Gasteiger partial charge in [-0.2, -0.15) is 5.10 Å². The van der Waals surface area contributed by atoms with Gasteiger partial charge in [-0.3, -0.25) is 14.8 Å². The number of nitrogens with zero attached hydrogens (tertiary/aromatic N) is 3. The van der Waals surface area contributed by atoms with Crippen LogP contribution in [0.1, 0.15) is 82.3 Å². The standard InChI is InChI=1S/C45H62N5O7PS/c1-32(57-45(54)18-9-4-3-8-17-40-41(44(53)28-43(40)52)23-22-38(51)21-19-33-12-6-5-7-13-33)50(59(2,55)56)37-15-10-14-34(26-37)30-49-25-11-16-39(31-49)58-48-36-20-24-42-35(27-36)29-46-47-42/h3,5-8,10,12-15,20,24,26-27,29,32,38-41,43-44,48,51-53,58H,4,9,11,16-19,21-23,25,28,30-31H2,1-2H3,(H,46,47)/b8-3-/t32?,38-,39-,40+,41+,43-,44+/m0/s1. The number of esters is 1. The number of carbonyl (C=O) groups is 1. The molecule has 3 aromatic carbocycles. The number of anilines is 2. The van der Waals surface area contributed by atoms with Crippen molar-refractivity contribution in [3.8, 4) is 0 Å². The molecule has 1 aliphatic heterocycles. The predicted molar refractivity (Wildman–Crippen MR) is 237 cm³/mol. The largest absolute Gasteiger partial charge is 0.441 e. The average molecular weight is 848 g/mol. The van der Waals surface area contributed by atoms with Crippen LogP contribution in [0.3, 0.4) is 0 Å².